The van der Waals surface area contributed by atoms with Crippen LogP contribution in [0.4, 0.5) is 5.69 Å². The number of anilines is 1. The van der Waals surface area contributed by atoms with Crippen molar-refractivity contribution in [3.63, 3.8) is 0 Å². The Morgan fingerprint density at radius 2 is 1.71 bits per heavy atom. The maximum Gasteiger partial charge on any atom is 0.329 e. The van der Waals surface area contributed by atoms with Crippen LogP contribution >= 0.6 is 23.2 Å². The van der Waals surface area contributed by atoms with E-state index in [1.54, 1.807) is 0 Å². The lowest BCUT2D eigenvalue weighted by Gasteiger charge is -2.16. The fourth-order valence-electron chi connectivity index (χ4n) is 2.38. The second-order valence-electron chi connectivity index (χ2n) is 6.16. The Bertz CT molecular complexity index is 1050. The van der Waals surface area contributed by atoms with Crippen LogP contribution in [0, 0.1) is 11.3 Å². The van der Waals surface area contributed by atoms with Gasteiger partial charge in [0.05, 0.1) is 17.7 Å². The molecule has 2 aromatic carbocycles. The highest BCUT2D eigenvalue weighted by Crippen LogP contribution is 2.20. The van der Waals surface area contributed by atoms with Gasteiger partial charge in [0.1, 0.15) is 12.1 Å². The smallest absolute Gasteiger partial charge is 0.329 e. The zero-order chi connectivity index (χ0) is 23.0. The number of amides is 3. The highest BCUT2D eigenvalue weighted by molar-refractivity contribution is 6.31. The molecule has 0 saturated carbocycles. The van der Waals surface area contributed by atoms with Gasteiger partial charge in [-0.05, 0) is 42.5 Å². The van der Waals surface area contributed by atoms with Crippen LogP contribution in [0.2, 0.25) is 10.0 Å². The van der Waals surface area contributed by atoms with E-state index in [0.29, 0.717) is 5.02 Å². The molecule has 0 aliphatic heterocycles. The third-order valence-corrected chi connectivity index (χ3v) is 4.31. The van der Waals surface area contributed by atoms with E-state index in [1.165, 1.54) is 42.5 Å². The van der Waals surface area contributed by atoms with Gasteiger partial charge >= 0.3 is 5.97 Å². The first-order valence-electron chi connectivity index (χ1n) is 8.70. The van der Waals surface area contributed by atoms with Gasteiger partial charge < -0.3 is 21.1 Å². The molecule has 4 N–H and O–H groups in total. The molecule has 0 radical (unpaired) electrons. The van der Waals surface area contributed by atoms with Crippen molar-refractivity contribution in [3.05, 3.63) is 63.6 Å². The molecule has 160 valence electrons. The zero-order valence-electron chi connectivity index (χ0n) is 15.9. The summed E-state index contributed by atoms with van der Waals surface area (Å²) in [4.78, 5) is 48.0. The van der Waals surface area contributed by atoms with Crippen LogP contribution in [0.1, 0.15) is 22.3 Å². The van der Waals surface area contributed by atoms with Crippen LogP contribution in [0.5, 0.6) is 0 Å². The van der Waals surface area contributed by atoms with Gasteiger partial charge in [0.25, 0.3) is 11.8 Å². The van der Waals surface area contributed by atoms with Gasteiger partial charge in [-0.3, -0.25) is 14.4 Å². The maximum absolute atomic E-state index is 12.3. The molecular formula is C20H16Cl2N4O5. The minimum atomic E-state index is -1.41. The number of benzene rings is 2. The van der Waals surface area contributed by atoms with Crippen molar-refractivity contribution >= 4 is 52.6 Å². The predicted molar refractivity (Wildman–Crippen MR) is 112 cm³/mol. The molecule has 0 aliphatic carbocycles. The van der Waals surface area contributed by atoms with Crippen LogP contribution in [-0.2, 0) is 19.1 Å². The molecule has 0 saturated heterocycles. The van der Waals surface area contributed by atoms with E-state index in [1.807, 2.05) is 6.07 Å². The molecule has 11 heteroatoms. The predicted octanol–water partition coefficient (Wildman–Crippen LogP) is 2.02. The first kappa shape index (κ1) is 23.7. The summed E-state index contributed by atoms with van der Waals surface area (Å²) in [6, 6.07) is 10.5. The summed E-state index contributed by atoms with van der Waals surface area (Å²) in [5, 5.41) is 14.5. The molecule has 0 spiro atoms. The number of ether oxygens (including phenoxy) is 1. The molecule has 0 unspecified atom stereocenters. The summed E-state index contributed by atoms with van der Waals surface area (Å²) >= 11 is 11.6. The van der Waals surface area contributed by atoms with Crippen LogP contribution in [0.25, 0.3) is 0 Å². The van der Waals surface area contributed by atoms with Crippen molar-refractivity contribution in [2.75, 3.05) is 11.9 Å². The molecule has 9 nitrogen and oxygen atoms in total. The Kier molecular flexibility index (Phi) is 8.37. The maximum atomic E-state index is 12.3. The first-order valence-corrected chi connectivity index (χ1v) is 9.46. The molecule has 1 atom stereocenters. The van der Waals surface area contributed by atoms with Crippen molar-refractivity contribution in [2.24, 2.45) is 5.73 Å². The third-order valence-electron chi connectivity index (χ3n) is 3.82. The summed E-state index contributed by atoms with van der Waals surface area (Å²) in [5.41, 5.74) is 5.62. The summed E-state index contributed by atoms with van der Waals surface area (Å²) in [6.07, 6.45) is -0.535. The van der Waals surface area contributed by atoms with Crippen molar-refractivity contribution < 1.29 is 23.9 Å². The zero-order valence-corrected chi connectivity index (χ0v) is 17.4. The lowest BCUT2D eigenvalue weighted by atomic mass is 10.1. The Morgan fingerprint density at radius 1 is 1.06 bits per heavy atom. The lowest BCUT2D eigenvalue weighted by Crippen LogP contribution is -2.44. The summed E-state index contributed by atoms with van der Waals surface area (Å²) < 4.78 is 4.89. The van der Waals surface area contributed by atoms with Crippen molar-refractivity contribution in [1.82, 2.24) is 5.32 Å². The molecule has 0 bridgehead atoms. The number of hydrogen-bond donors (Lipinski definition) is 3. The van der Waals surface area contributed by atoms with Crippen LogP contribution in [0.15, 0.2) is 42.5 Å². The summed E-state index contributed by atoms with van der Waals surface area (Å²) in [6.45, 7) is -0.734. The van der Waals surface area contributed by atoms with Crippen LogP contribution < -0.4 is 16.4 Å². The average Bonchev–Trinajstić information content (AvgIpc) is 2.71. The summed E-state index contributed by atoms with van der Waals surface area (Å²) in [7, 11) is 0. The van der Waals surface area contributed by atoms with Crippen LogP contribution in [-0.4, -0.2) is 36.3 Å². The molecule has 0 heterocycles. The lowest BCUT2D eigenvalue weighted by molar-refractivity contribution is -0.150. The van der Waals surface area contributed by atoms with Gasteiger partial charge in [-0.25, -0.2) is 4.79 Å². The van der Waals surface area contributed by atoms with E-state index in [2.05, 4.69) is 10.6 Å². The normalized spacial score (nSPS) is 11.0. The fraction of sp³-hybridized carbons (Fsp3) is 0.150. The second kappa shape index (κ2) is 11.0. The number of rotatable bonds is 8. The molecule has 31 heavy (non-hydrogen) atoms. The Balaban J connectivity index is 2.00. The number of nitrogens with one attached hydrogen (secondary N) is 2. The number of primary amides is 1. The standard InChI is InChI=1S/C20H16Cl2N4O5/c21-13-4-1-11(2-5-13)19(29)26-16(8-17(24)27)20(30)31-10-18(28)25-15-7-14(22)6-3-12(15)9-23/h1-7,16H,8,10H2,(H2,24,27)(H,25,28)(H,26,29)/t16-/m0/s1. The first-order chi connectivity index (χ1) is 14.7. The number of nitriles is 1. The Labute approximate surface area is 187 Å². The minimum Gasteiger partial charge on any atom is -0.454 e. The molecule has 2 aromatic rings. The van der Waals surface area contributed by atoms with E-state index < -0.39 is 42.8 Å². The largest absolute Gasteiger partial charge is 0.454 e. The van der Waals surface area contributed by atoms with Crippen molar-refractivity contribution in [3.8, 4) is 6.07 Å². The minimum absolute atomic E-state index is 0.140. The molecule has 0 aromatic heterocycles. The monoisotopic (exact) mass is 462 g/mol. The van der Waals surface area contributed by atoms with E-state index in [0.717, 1.165) is 0 Å². The number of halogens is 2. The second-order valence-corrected chi connectivity index (χ2v) is 7.03. The summed E-state index contributed by atoms with van der Waals surface area (Å²) in [5.74, 6) is -3.32. The quantitative estimate of drug-likeness (QED) is 0.510. The van der Waals surface area contributed by atoms with E-state index in [9.17, 15) is 19.2 Å². The van der Waals surface area contributed by atoms with Crippen molar-refractivity contribution in [2.45, 2.75) is 12.5 Å². The number of nitrogens with two attached hydrogens (primary N) is 1. The SMILES string of the molecule is N#Cc1ccc(Cl)cc1NC(=O)COC(=O)[C@H](CC(N)=O)NC(=O)c1ccc(Cl)cc1. The Morgan fingerprint density at radius 3 is 2.32 bits per heavy atom. The van der Waals surface area contributed by atoms with Gasteiger partial charge in [-0.15, -0.1) is 0 Å². The van der Waals surface area contributed by atoms with Gasteiger partial charge in [0.2, 0.25) is 5.91 Å². The van der Waals surface area contributed by atoms with E-state index in [4.69, 9.17) is 38.9 Å². The molecule has 0 fully saturated rings. The number of nitrogens with zero attached hydrogens (tertiary/aromatic N) is 1. The Hall–Kier alpha value is -3.61. The number of hydrogen-bond acceptors (Lipinski definition) is 6. The van der Waals surface area contributed by atoms with Gasteiger partial charge in [0, 0.05) is 15.6 Å². The van der Waals surface area contributed by atoms with Gasteiger partial charge in [-0.2, -0.15) is 5.26 Å². The topological polar surface area (TPSA) is 151 Å². The number of carbonyl (C=O) groups is 4. The van der Waals surface area contributed by atoms with E-state index in [-0.39, 0.29) is 21.8 Å². The van der Waals surface area contributed by atoms with Crippen molar-refractivity contribution in [1.29, 1.82) is 5.26 Å². The van der Waals surface area contributed by atoms with Gasteiger partial charge in [0.15, 0.2) is 6.61 Å². The molecular weight excluding hydrogens is 447 g/mol. The molecule has 0 aliphatic rings. The fourth-order valence-corrected chi connectivity index (χ4v) is 2.68. The highest BCUT2D eigenvalue weighted by atomic mass is 35.5. The number of carbonyl (C=O) groups excluding carboxylic acids is 4. The highest BCUT2D eigenvalue weighted by Gasteiger charge is 2.25. The van der Waals surface area contributed by atoms with Gasteiger partial charge in [-0.1, -0.05) is 23.2 Å². The van der Waals surface area contributed by atoms with Crippen LogP contribution in [0.3, 0.4) is 0 Å². The average molecular weight is 463 g/mol. The molecule has 2 rings (SSSR count). The van der Waals surface area contributed by atoms with E-state index >= 15 is 0 Å². The number of esters is 1. The third kappa shape index (κ3) is 7.29. The molecule has 3 amide bonds.